The average molecular weight is 376 g/mol. The smallest absolute Gasteiger partial charge is 0.395 e. The van der Waals surface area contributed by atoms with Crippen LogP contribution in [0.4, 0.5) is 0 Å². The molecule has 4 aliphatic carbocycles. The van der Waals surface area contributed by atoms with E-state index in [4.69, 9.17) is 19.0 Å². The zero-order valence-electron chi connectivity index (χ0n) is 15.1. The lowest BCUT2D eigenvalue weighted by Gasteiger charge is -2.69. The number of hydrogen-bond acceptors (Lipinski definition) is 5. The normalized spacial score (nSPS) is 43.0. The molecular weight excluding hydrogens is 351 g/mol. The van der Waals surface area contributed by atoms with Gasteiger partial charge < -0.3 is 9.26 Å². The van der Waals surface area contributed by atoms with Crippen LogP contribution in [0.25, 0.3) is 0 Å². The molecule has 5 aliphatic rings. The number of hydrogen-bond donors (Lipinski definition) is 0. The van der Waals surface area contributed by atoms with E-state index in [-0.39, 0.29) is 8.69 Å². The maximum absolute atomic E-state index is 10.9. The molecule has 1 heterocycles. The molecule has 6 heteroatoms. The van der Waals surface area contributed by atoms with Crippen LogP contribution in [0.1, 0.15) is 51.0 Å². The predicted octanol–water partition coefficient (Wildman–Crippen LogP) is 5.01. The van der Waals surface area contributed by atoms with Crippen molar-refractivity contribution >= 4 is 8.69 Å². The summed E-state index contributed by atoms with van der Waals surface area (Å²) in [6.45, 7) is 2.72. The van der Waals surface area contributed by atoms with E-state index >= 15 is 0 Å². The van der Waals surface area contributed by atoms with Gasteiger partial charge >= 0.3 is 8.69 Å². The van der Waals surface area contributed by atoms with Crippen LogP contribution in [-0.2, 0) is 24.9 Å². The van der Waals surface area contributed by atoms with E-state index in [9.17, 15) is 4.57 Å². The molecule has 4 bridgehead atoms. The van der Waals surface area contributed by atoms with Crippen molar-refractivity contribution in [1.29, 1.82) is 0 Å². The van der Waals surface area contributed by atoms with Crippen molar-refractivity contribution in [3.8, 4) is 5.75 Å². The molecule has 0 N–H and O–H groups in total. The summed E-state index contributed by atoms with van der Waals surface area (Å²) >= 11 is 0. The molecule has 1 saturated heterocycles. The summed E-state index contributed by atoms with van der Waals surface area (Å²) in [5, 5.41) is 0. The molecule has 1 aromatic rings. The van der Waals surface area contributed by atoms with Crippen molar-refractivity contribution in [2.75, 3.05) is 6.61 Å². The van der Waals surface area contributed by atoms with E-state index in [0.29, 0.717) is 24.2 Å². The molecule has 5 nitrogen and oxygen atoms in total. The summed E-state index contributed by atoms with van der Waals surface area (Å²) < 4.78 is 22.5. The van der Waals surface area contributed by atoms with Gasteiger partial charge in [0.1, 0.15) is 5.75 Å². The van der Waals surface area contributed by atoms with Gasteiger partial charge in [0.2, 0.25) is 0 Å². The minimum absolute atomic E-state index is 0.361. The third-order valence-corrected chi connectivity index (χ3v) is 7.31. The highest BCUT2D eigenvalue weighted by molar-refractivity contribution is 7.17. The maximum Gasteiger partial charge on any atom is 0.395 e. The van der Waals surface area contributed by atoms with Crippen LogP contribution >= 0.6 is 8.69 Å². The summed E-state index contributed by atoms with van der Waals surface area (Å²) in [6, 6.07) is 7.60. The molecule has 1 aromatic carbocycles. The van der Waals surface area contributed by atoms with Gasteiger partial charge in [-0.3, -0.25) is 0 Å². The van der Waals surface area contributed by atoms with Crippen LogP contribution in [0.5, 0.6) is 5.75 Å². The van der Waals surface area contributed by atoms with Crippen LogP contribution in [-0.4, -0.2) is 12.2 Å². The van der Waals surface area contributed by atoms with E-state index in [1.807, 2.05) is 18.2 Å². The average Bonchev–Trinajstić information content (AvgIpc) is 2.61. The Labute approximate surface area is 155 Å². The third kappa shape index (κ3) is 2.21. The highest BCUT2D eigenvalue weighted by Gasteiger charge is 2.76. The van der Waals surface area contributed by atoms with E-state index in [0.717, 1.165) is 23.8 Å². The molecule has 26 heavy (non-hydrogen) atoms. The van der Waals surface area contributed by atoms with Crippen molar-refractivity contribution in [2.45, 2.75) is 56.8 Å². The van der Waals surface area contributed by atoms with E-state index in [1.54, 1.807) is 6.07 Å². The fourth-order valence-corrected chi connectivity index (χ4v) is 6.51. The van der Waals surface area contributed by atoms with E-state index < -0.39 is 11.4 Å². The fourth-order valence-electron chi connectivity index (χ4n) is 6.31. The molecule has 140 valence electrons. The maximum atomic E-state index is 10.9. The third-order valence-electron chi connectivity index (χ3n) is 7.03. The molecule has 4 saturated carbocycles. The number of ether oxygens (including phenoxy) is 1. The lowest BCUT2D eigenvalue weighted by atomic mass is 9.47. The Kier molecular flexibility index (Phi) is 4.13. The minimum atomic E-state index is -0.884. The second-order valence-corrected chi connectivity index (χ2v) is 8.75. The van der Waals surface area contributed by atoms with Gasteiger partial charge in [-0.1, -0.05) is 19.1 Å². The summed E-state index contributed by atoms with van der Waals surface area (Å²) in [6.07, 6.45) is 7.15. The van der Waals surface area contributed by atoms with Crippen molar-refractivity contribution < 1.29 is 23.6 Å². The van der Waals surface area contributed by atoms with Crippen LogP contribution in [0.3, 0.4) is 0 Å². The van der Waals surface area contributed by atoms with Crippen LogP contribution in [0.15, 0.2) is 24.3 Å². The second kappa shape index (κ2) is 6.27. The SMILES string of the molecule is CCCOC1(c2cccc(OP=O)c2)OOC12C1CC3CC(C1)CC2C3. The van der Waals surface area contributed by atoms with Gasteiger partial charge in [0.25, 0.3) is 5.79 Å². The lowest BCUT2D eigenvalue weighted by molar-refractivity contribution is -0.648. The molecule has 1 aliphatic heterocycles. The van der Waals surface area contributed by atoms with Gasteiger partial charge in [0.05, 0.1) is 6.61 Å². The van der Waals surface area contributed by atoms with Crippen molar-refractivity contribution in [3.63, 3.8) is 0 Å². The van der Waals surface area contributed by atoms with E-state index in [1.165, 1.54) is 32.1 Å². The minimum Gasteiger partial charge on any atom is -0.408 e. The summed E-state index contributed by atoms with van der Waals surface area (Å²) in [4.78, 5) is 11.9. The van der Waals surface area contributed by atoms with Gasteiger partial charge in [-0.15, -0.1) is 0 Å². The Balaban J connectivity index is 1.58. The molecule has 0 amide bonds. The Hall–Kier alpha value is -1.00. The standard InChI is InChI=1S/C20H25O5P/c1-2-6-22-20(15-4-3-5-18(12-15)23-26-21)19(24-25-20)16-8-13-7-14(10-16)11-17(19)9-13/h3-5,12-14,16-17H,2,6-11H2,1H3. The predicted molar refractivity (Wildman–Crippen MR) is 94.5 cm³/mol. The molecule has 0 aromatic heterocycles. The first kappa shape index (κ1) is 17.1. The summed E-state index contributed by atoms with van der Waals surface area (Å²) in [5.41, 5.74) is 0.509. The zero-order chi connectivity index (χ0) is 17.8. The first-order chi connectivity index (χ1) is 12.7. The van der Waals surface area contributed by atoms with Gasteiger partial charge in [-0.2, -0.15) is 4.89 Å². The fraction of sp³-hybridized carbons (Fsp3) is 0.700. The van der Waals surface area contributed by atoms with E-state index in [2.05, 4.69) is 6.92 Å². The molecule has 0 radical (unpaired) electrons. The highest BCUT2D eigenvalue weighted by Crippen LogP contribution is 2.69. The van der Waals surface area contributed by atoms with Crippen molar-refractivity contribution in [2.24, 2.45) is 23.7 Å². The van der Waals surface area contributed by atoms with Gasteiger partial charge in [0, 0.05) is 5.56 Å². The Morgan fingerprint density at radius 1 is 1.12 bits per heavy atom. The van der Waals surface area contributed by atoms with Crippen LogP contribution in [0.2, 0.25) is 0 Å². The molecule has 5 fully saturated rings. The van der Waals surface area contributed by atoms with Crippen LogP contribution < -0.4 is 4.52 Å². The summed E-state index contributed by atoms with van der Waals surface area (Å²) in [7, 11) is -0.361. The van der Waals surface area contributed by atoms with Crippen molar-refractivity contribution in [1.82, 2.24) is 0 Å². The van der Waals surface area contributed by atoms with Crippen LogP contribution in [0, 0.1) is 23.7 Å². The monoisotopic (exact) mass is 376 g/mol. The Morgan fingerprint density at radius 3 is 2.42 bits per heavy atom. The summed E-state index contributed by atoms with van der Waals surface area (Å²) in [5.74, 6) is 2.30. The van der Waals surface area contributed by atoms with Crippen molar-refractivity contribution in [3.05, 3.63) is 29.8 Å². The zero-order valence-corrected chi connectivity index (χ0v) is 16.0. The van der Waals surface area contributed by atoms with Gasteiger partial charge in [-0.25, -0.2) is 9.45 Å². The molecule has 1 atom stereocenters. The largest absolute Gasteiger partial charge is 0.408 e. The molecule has 6 rings (SSSR count). The quantitative estimate of drug-likeness (QED) is 0.516. The Morgan fingerprint density at radius 2 is 1.85 bits per heavy atom. The number of rotatable bonds is 6. The molecule has 1 spiro atoms. The first-order valence-electron chi connectivity index (χ1n) is 9.83. The topological polar surface area (TPSA) is 54.0 Å². The lowest BCUT2D eigenvalue weighted by Crippen LogP contribution is -2.76. The second-order valence-electron chi connectivity index (χ2n) is 8.42. The van der Waals surface area contributed by atoms with Gasteiger partial charge in [0.15, 0.2) is 5.60 Å². The molecular formula is C20H25O5P. The highest BCUT2D eigenvalue weighted by atomic mass is 31.1. The van der Waals surface area contributed by atoms with Gasteiger partial charge in [-0.05, 0) is 74.3 Å². The number of benzene rings is 1. The molecule has 1 unspecified atom stereocenters. The Bertz CT molecular complexity index is 679. The first-order valence-corrected chi connectivity index (χ1v) is 10.6.